The third-order valence-corrected chi connectivity index (χ3v) is 5.21. The molecule has 7 heteroatoms. The molecule has 3 rings (SSSR count). The van der Waals surface area contributed by atoms with Crippen LogP contribution in [0.4, 0.5) is 4.79 Å². The van der Waals surface area contributed by atoms with Crippen LogP contribution in [0.1, 0.15) is 23.9 Å². The van der Waals surface area contributed by atoms with Crippen LogP contribution in [-0.4, -0.2) is 36.7 Å². The van der Waals surface area contributed by atoms with E-state index in [0.29, 0.717) is 31.2 Å². The molecule has 3 aromatic rings. The summed E-state index contributed by atoms with van der Waals surface area (Å²) in [6.45, 7) is 3.58. The van der Waals surface area contributed by atoms with Crippen molar-refractivity contribution in [2.45, 2.75) is 26.4 Å². The maximum absolute atomic E-state index is 12.4. The summed E-state index contributed by atoms with van der Waals surface area (Å²) in [6, 6.07) is 13.5. The van der Waals surface area contributed by atoms with Gasteiger partial charge < -0.3 is 19.7 Å². The Kier molecular flexibility index (Phi) is 6.71. The first-order chi connectivity index (χ1) is 13.6. The van der Waals surface area contributed by atoms with Crippen molar-refractivity contribution in [3.05, 3.63) is 53.0 Å². The number of benzene rings is 2. The summed E-state index contributed by atoms with van der Waals surface area (Å²) in [5.41, 5.74) is 1.91. The number of ether oxygens (including phenoxy) is 2. The van der Waals surface area contributed by atoms with Crippen molar-refractivity contribution in [3.63, 3.8) is 0 Å². The molecule has 0 aliphatic heterocycles. The first-order valence-corrected chi connectivity index (χ1v) is 10.1. The van der Waals surface area contributed by atoms with Gasteiger partial charge in [-0.25, -0.2) is 9.78 Å². The second kappa shape index (κ2) is 9.41. The minimum Gasteiger partial charge on any atom is -0.493 e. The van der Waals surface area contributed by atoms with Crippen molar-refractivity contribution in [1.82, 2.24) is 15.2 Å². The minimum atomic E-state index is -0.149. The van der Waals surface area contributed by atoms with E-state index in [9.17, 15) is 4.79 Å². The predicted molar refractivity (Wildman–Crippen MR) is 112 cm³/mol. The van der Waals surface area contributed by atoms with Crippen molar-refractivity contribution < 1.29 is 14.3 Å². The number of amides is 2. The standard InChI is InChI=1S/C21H25N3O3S/c1-4-11-27-17-10-9-15(12-18(17)26-3)13-22-21(25)24(2)14-20-23-16-7-5-6-8-19(16)28-20/h5-10,12H,4,11,13-14H2,1-3H3,(H,22,25). The van der Waals surface area contributed by atoms with E-state index >= 15 is 0 Å². The van der Waals surface area contributed by atoms with Crippen LogP contribution in [0.25, 0.3) is 10.2 Å². The first kappa shape index (κ1) is 19.9. The molecule has 0 aliphatic rings. The van der Waals surface area contributed by atoms with Crippen LogP contribution < -0.4 is 14.8 Å². The van der Waals surface area contributed by atoms with E-state index in [2.05, 4.69) is 17.2 Å². The highest BCUT2D eigenvalue weighted by Crippen LogP contribution is 2.28. The number of carbonyl (C=O) groups is 1. The molecule has 1 aromatic heterocycles. The lowest BCUT2D eigenvalue weighted by Gasteiger charge is -2.17. The Labute approximate surface area is 169 Å². The number of nitrogens with zero attached hydrogens (tertiary/aromatic N) is 2. The van der Waals surface area contributed by atoms with Crippen LogP contribution in [0.2, 0.25) is 0 Å². The number of aromatic nitrogens is 1. The molecule has 2 amide bonds. The normalized spacial score (nSPS) is 10.7. The van der Waals surface area contributed by atoms with Gasteiger partial charge in [0, 0.05) is 13.6 Å². The van der Waals surface area contributed by atoms with Gasteiger partial charge in [-0.2, -0.15) is 0 Å². The number of rotatable bonds is 8. The SMILES string of the molecule is CCCOc1ccc(CNC(=O)N(C)Cc2nc3ccccc3s2)cc1OC. The van der Waals surface area contributed by atoms with Crippen LogP contribution in [0.15, 0.2) is 42.5 Å². The zero-order chi connectivity index (χ0) is 19.9. The molecule has 0 saturated heterocycles. The van der Waals surface area contributed by atoms with Crippen LogP contribution in [0, 0.1) is 0 Å². The van der Waals surface area contributed by atoms with Crippen LogP contribution in [0.3, 0.4) is 0 Å². The van der Waals surface area contributed by atoms with Gasteiger partial charge in [0.05, 0.1) is 30.5 Å². The van der Waals surface area contributed by atoms with Crippen molar-refractivity contribution in [1.29, 1.82) is 0 Å². The zero-order valence-electron chi connectivity index (χ0n) is 16.4. The molecular weight excluding hydrogens is 374 g/mol. The number of methoxy groups -OCH3 is 1. The number of para-hydroxylation sites is 1. The van der Waals surface area contributed by atoms with Gasteiger partial charge in [-0.05, 0) is 36.2 Å². The first-order valence-electron chi connectivity index (χ1n) is 9.23. The summed E-state index contributed by atoms with van der Waals surface area (Å²) < 4.78 is 12.2. The Bertz CT molecular complexity index is 909. The molecule has 0 saturated carbocycles. The van der Waals surface area contributed by atoms with Crippen LogP contribution in [-0.2, 0) is 13.1 Å². The average molecular weight is 400 g/mol. The molecule has 1 N–H and O–H groups in total. The van der Waals surface area contributed by atoms with Gasteiger partial charge in [-0.15, -0.1) is 11.3 Å². The number of hydrogen-bond donors (Lipinski definition) is 1. The van der Waals surface area contributed by atoms with Gasteiger partial charge in [0.1, 0.15) is 5.01 Å². The van der Waals surface area contributed by atoms with E-state index in [0.717, 1.165) is 27.2 Å². The number of carbonyl (C=O) groups excluding carboxylic acids is 1. The van der Waals surface area contributed by atoms with Crippen molar-refractivity contribution >= 4 is 27.6 Å². The number of nitrogens with one attached hydrogen (secondary N) is 1. The number of hydrogen-bond acceptors (Lipinski definition) is 5. The fourth-order valence-corrected chi connectivity index (χ4v) is 3.75. The van der Waals surface area contributed by atoms with Crippen LogP contribution in [0.5, 0.6) is 11.5 Å². The Morgan fingerprint density at radius 1 is 1.21 bits per heavy atom. The molecule has 0 fully saturated rings. The molecule has 6 nitrogen and oxygen atoms in total. The smallest absolute Gasteiger partial charge is 0.317 e. The number of fused-ring (bicyclic) bond motifs is 1. The summed E-state index contributed by atoms with van der Waals surface area (Å²) in [6.07, 6.45) is 0.932. The van der Waals surface area contributed by atoms with Crippen molar-refractivity contribution in [2.24, 2.45) is 0 Å². The zero-order valence-corrected chi connectivity index (χ0v) is 17.2. The minimum absolute atomic E-state index is 0.149. The third-order valence-electron chi connectivity index (χ3n) is 4.19. The molecule has 0 spiro atoms. The molecule has 0 radical (unpaired) electrons. The van der Waals surface area contributed by atoms with Gasteiger partial charge in [0.15, 0.2) is 11.5 Å². The van der Waals surface area contributed by atoms with Gasteiger partial charge in [-0.3, -0.25) is 0 Å². The van der Waals surface area contributed by atoms with Gasteiger partial charge in [0.2, 0.25) is 0 Å². The summed E-state index contributed by atoms with van der Waals surface area (Å²) >= 11 is 1.61. The second-order valence-electron chi connectivity index (χ2n) is 6.42. The Morgan fingerprint density at radius 2 is 2.04 bits per heavy atom. The van der Waals surface area contributed by atoms with E-state index < -0.39 is 0 Å². The van der Waals surface area contributed by atoms with E-state index in [4.69, 9.17) is 9.47 Å². The lowest BCUT2D eigenvalue weighted by atomic mass is 10.2. The lowest BCUT2D eigenvalue weighted by Crippen LogP contribution is -2.36. The Hall–Kier alpha value is -2.80. The topological polar surface area (TPSA) is 63.7 Å². The van der Waals surface area contributed by atoms with Gasteiger partial charge in [-0.1, -0.05) is 25.1 Å². The summed E-state index contributed by atoms with van der Waals surface area (Å²) in [5, 5.41) is 3.85. The molecule has 0 bridgehead atoms. The Morgan fingerprint density at radius 3 is 2.79 bits per heavy atom. The molecule has 148 valence electrons. The highest BCUT2D eigenvalue weighted by atomic mass is 32.1. The Balaban J connectivity index is 1.56. The van der Waals surface area contributed by atoms with E-state index in [1.807, 2.05) is 42.5 Å². The van der Waals surface area contributed by atoms with Crippen LogP contribution >= 0.6 is 11.3 Å². The summed E-state index contributed by atoms with van der Waals surface area (Å²) in [5.74, 6) is 1.38. The molecule has 28 heavy (non-hydrogen) atoms. The number of urea groups is 1. The lowest BCUT2D eigenvalue weighted by molar-refractivity contribution is 0.206. The fraction of sp³-hybridized carbons (Fsp3) is 0.333. The average Bonchev–Trinajstić information content (AvgIpc) is 3.12. The largest absolute Gasteiger partial charge is 0.493 e. The quantitative estimate of drug-likeness (QED) is 0.608. The molecule has 0 unspecified atom stereocenters. The van der Waals surface area contributed by atoms with E-state index in [-0.39, 0.29) is 6.03 Å². The molecule has 1 heterocycles. The highest BCUT2D eigenvalue weighted by Gasteiger charge is 2.13. The van der Waals surface area contributed by atoms with E-state index in [1.165, 1.54) is 0 Å². The van der Waals surface area contributed by atoms with Crippen molar-refractivity contribution in [3.8, 4) is 11.5 Å². The number of thiazole rings is 1. The summed E-state index contributed by atoms with van der Waals surface area (Å²) in [4.78, 5) is 18.6. The third kappa shape index (κ3) is 4.92. The highest BCUT2D eigenvalue weighted by molar-refractivity contribution is 7.18. The summed E-state index contributed by atoms with van der Waals surface area (Å²) in [7, 11) is 3.38. The predicted octanol–water partition coefficient (Wildman–Crippen LogP) is 4.44. The maximum atomic E-state index is 12.4. The van der Waals surface area contributed by atoms with E-state index in [1.54, 1.807) is 30.4 Å². The van der Waals surface area contributed by atoms with Crippen molar-refractivity contribution in [2.75, 3.05) is 20.8 Å². The molecular formula is C21H25N3O3S. The fourth-order valence-electron chi connectivity index (χ4n) is 2.73. The molecule has 0 aliphatic carbocycles. The monoisotopic (exact) mass is 399 g/mol. The molecule has 2 aromatic carbocycles. The maximum Gasteiger partial charge on any atom is 0.317 e. The van der Waals surface area contributed by atoms with Gasteiger partial charge in [0.25, 0.3) is 0 Å². The second-order valence-corrected chi connectivity index (χ2v) is 7.54. The molecule has 0 atom stereocenters. The van der Waals surface area contributed by atoms with Gasteiger partial charge >= 0.3 is 6.03 Å².